The molecule has 0 saturated carbocycles. The van der Waals surface area contributed by atoms with Crippen LogP contribution in [0.5, 0.6) is 17.2 Å². The summed E-state index contributed by atoms with van der Waals surface area (Å²) in [6, 6.07) is 5.36. The zero-order valence-corrected chi connectivity index (χ0v) is 30.0. The van der Waals surface area contributed by atoms with Crippen molar-refractivity contribution < 1.29 is 68.2 Å². The van der Waals surface area contributed by atoms with Crippen molar-refractivity contribution in [2.24, 2.45) is 0 Å². The van der Waals surface area contributed by atoms with Crippen LogP contribution in [0.1, 0.15) is 22.0 Å². The molecule has 2 aromatic heterocycles. The number of carboxylic acid groups (broad SMARTS) is 3. The number of carbonyl (C=O) groups is 6. The molecule has 56 heavy (non-hydrogen) atoms. The summed E-state index contributed by atoms with van der Waals surface area (Å²) in [4.78, 5) is 90.5. The fourth-order valence-electron chi connectivity index (χ4n) is 5.71. The van der Waals surface area contributed by atoms with Crippen LogP contribution in [-0.4, -0.2) is 123 Å². The first-order valence-corrected chi connectivity index (χ1v) is 17.8. The summed E-state index contributed by atoms with van der Waals surface area (Å²) in [5.41, 5.74) is -3.98. The fourth-order valence-corrected chi connectivity index (χ4v) is 8.16. The maximum absolute atomic E-state index is 14.1. The molecule has 0 aliphatic carbocycles. The van der Waals surface area contributed by atoms with Gasteiger partial charge in [0, 0.05) is 24.7 Å². The second-order valence-electron chi connectivity index (χ2n) is 11.8. The van der Waals surface area contributed by atoms with Gasteiger partial charge in [-0.05, 0) is 39.8 Å². The van der Waals surface area contributed by atoms with Crippen molar-refractivity contribution in [1.29, 1.82) is 0 Å². The fraction of sp³-hybridized carbons (Fsp3) is 0.250. The molecule has 6 rings (SSSR count). The number of aromatic nitrogens is 4. The average Bonchev–Trinajstić information content (AvgIpc) is 3.60. The molecule has 0 radical (unpaired) electrons. The topological polar surface area (TPSA) is 323 Å². The summed E-state index contributed by atoms with van der Waals surface area (Å²) in [7, 11) is 1.10. The van der Waals surface area contributed by atoms with Crippen LogP contribution < -0.4 is 20.8 Å². The summed E-state index contributed by atoms with van der Waals surface area (Å²) in [5.74, 6) is -8.36. The number of carboxylic acids is 3. The van der Waals surface area contributed by atoms with E-state index >= 15 is 0 Å². The molecular formula is C32H27N7O15S2. The molecular weight excluding hydrogens is 787 g/mol. The summed E-state index contributed by atoms with van der Waals surface area (Å²) in [5, 5.41) is 62.3. The number of tetrazole rings is 1. The molecule has 1 fully saturated rings. The van der Waals surface area contributed by atoms with E-state index in [1.54, 1.807) is 0 Å². The monoisotopic (exact) mass is 813 g/mol. The lowest BCUT2D eigenvalue weighted by molar-refractivity contribution is -0.192. The Morgan fingerprint density at radius 1 is 1.07 bits per heavy atom. The Hall–Kier alpha value is -6.66. The Morgan fingerprint density at radius 3 is 2.45 bits per heavy atom. The highest BCUT2D eigenvalue weighted by Crippen LogP contribution is 2.47. The van der Waals surface area contributed by atoms with E-state index in [0.29, 0.717) is 0 Å². The van der Waals surface area contributed by atoms with E-state index in [1.807, 2.05) is 0 Å². The Balaban J connectivity index is 1.28. The molecule has 2 aromatic carbocycles. The number of phenolic OH excluding ortho intramolecular Hbond substituents is 2. The molecule has 2 aliphatic heterocycles. The highest BCUT2D eigenvalue weighted by atomic mass is 32.2. The summed E-state index contributed by atoms with van der Waals surface area (Å²) < 4.78 is 17.0. The highest BCUT2D eigenvalue weighted by molar-refractivity contribution is 8.01. The number of carbonyl (C=O) groups excluding carboxylic acids is 3. The third-order valence-electron chi connectivity index (χ3n) is 8.33. The van der Waals surface area contributed by atoms with E-state index in [0.717, 1.165) is 58.6 Å². The van der Waals surface area contributed by atoms with Gasteiger partial charge in [-0.2, -0.15) is 0 Å². The van der Waals surface area contributed by atoms with E-state index in [-0.39, 0.29) is 44.5 Å². The third kappa shape index (κ3) is 7.38. The molecule has 3 atom stereocenters. The minimum atomic E-state index is -2.16. The number of methoxy groups -OCH3 is 1. The van der Waals surface area contributed by atoms with Gasteiger partial charge >= 0.3 is 17.9 Å². The van der Waals surface area contributed by atoms with Crippen molar-refractivity contribution in [3.05, 3.63) is 75.3 Å². The van der Waals surface area contributed by atoms with Gasteiger partial charge in [0.1, 0.15) is 46.8 Å². The molecule has 3 amide bonds. The number of hydrogen-bond donors (Lipinski definition) is 7. The number of hydrogen-bond acceptors (Lipinski definition) is 17. The number of aromatic hydroxyl groups is 2. The Bertz CT molecular complexity index is 2380. The molecule has 1 saturated heterocycles. The van der Waals surface area contributed by atoms with Gasteiger partial charge in [-0.25, -0.2) is 14.3 Å². The van der Waals surface area contributed by atoms with Crippen LogP contribution in [0.3, 0.4) is 0 Å². The number of fused-ring (bicyclic) bond motifs is 2. The Labute approximate surface area is 320 Å². The lowest BCUT2D eigenvalue weighted by Gasteiger charge is -2.56. The SMILES string of the molecule is CO[C@@]1(NC(=O)C(NC(=O)c2coc3cc(O)c(O)cc3c2=O)c2ccc(OCC(=O)O)cc2)C(=O)N2C(C(=O)O)=C(CSc3nnnn3CC(=O)O)CS[C@@H]21. The standard InChI is InChI=1S/C32H27N7O15S2/c1-52-32(29(51)39-24(28(49)50)14(11-55-30(32)39)12-56-31-35-36-37-38(31)8-21(42)43)34-27(48)23(13-2-4-15(5-3-13)53-10-22(44)45)33-26(47)17-9-54-20-7-19(41)18(40)6-16(20)25(17)46/h2-7,9,23,30,40-41H,8,10-12H2,1H3,(H,33,47)(H,34,48)(H,42,43)(H,44,45)(H,49,50)/t23?,30-,32+/m1/s1. The van der Waals surface area contributed by atoms with Gasteiger partial charge in [-0.15, -0.1) is 16.9 Å². The molecule has 24 heteroatoms. The van der Waals surface area contributed by atoms with Crippen molar-refractivity contribution in [3.8, 4) is 17.2 Å². The number of rotatable bonds is 15. The predicted octanol–water partition coefficient (Wildman–Crippen LogP) is -0.285. The third-order valence-corrected chi connectivity index (χ3v) is 10.7. The summed E-state index contributed by atoms with van der Waals surface area (Å²) in [6.07, 6.45) is 0.777. The van der Waals surface area contributed by atoms with Gasteiger partial charge < -0.3 is 50.1 Å². The molecule has 7 N–H and O–H groups in total. The zero-order valence-electron chi connectivity index (χ0n) is 28.4. The van der Waals surface area contributed by atoms with E-state index in [9.17, 15) is 48.9 Å². The largest absolute Gasteiger partial charge is 0.504 e. The zero-order chi connectivity index (χ0) is 40.5. The number of β-lactam (4-membered cyclic amide) rings is 1. The molecule has 4 aromatic rings. The average molecular weight is 814 g/mol. The van der Waals surface area contributed by atoms with E-state index in [1.165, 1.54) is 24.3 Å². The number of nitrogens with one attached hydrogen (secondary N) is 2. The van der Waals surface area contributed by atoms with Crippen molar-refractivity contribution in [2.75, 3.05) is 25.2 Å². The van der Waals surface area contributed by atoms with Crippen LogP contribution in [0.25, 0.3) is 11.0 Å². The van der Waals surface area contributed by atoms with Crippen LogP contribution in [0.15, 0.2) is 68.3 Å². The maximum Gasteiger partial charge on any atom is 0.352 e. The van der Waals surface area contributed by atoms with Gasteiger partial charge in [0.2, 0.25) is 16.5 Å². The van der Waals surface area contributed by atoms with Gasteiger partial charge in [-0.1, -0.05) is 23.9 Å². The number of aliphatic carboxylic acids is 3. The smallest absolute Gasteiger partial charge is 0.352 e. The second kappa shape index (κ2) is 15.6. The second-order valence-corrected chi connectivity index (χ2v) is 13.8. The van der Waals surface area contributed by atoms with Crippen LogP contribution in [-0.2, 0) is 35.3 Å². The number of benzene rings is 2. The first-order chi connectivity index (χ1) is 26.6. The molecule has 292 valence electrons. The van der Waals surface area contributed by atoms with Gasteiger partial charge in [0.25, 0.3) is 17.5 Å². The number of nitrogens with zero attached hydrogens (tertiary/aromatic N) is 5. The van der Waals surface area contributed by atoms with Crippen molar-refractivity contribution >= 4 is 70.1 Å². The normalized spacial score (nSPS) is 18.1. The molecule has 4 heterocycles. The minimum absolute atomic E-state index is 0.00754. The van der Waals surface area contributed by atoms with Gasteiger partial charge in [0.15, 0.2) is 18.1 Å². The van der Waals surface area contributed by atoms with Crippen LogP contribution in [0.4, 0.5) is 0 Å². The van der Waals surface area contributed by atoms with Gasteiger partial charge in [-0.3, -0.25) is 28.9 Å². The first kappa shape index (κ1) is 39.0. The summed E-state index contributed by atoms with van der Waals surface area (Å²) in [6.45, 7) is -1.23. The number of amides is 3. The maximum atomic E-state index is 14.1. The lowest BCUT2D eigenvalue weighted by atomic mass is 9.96. The predicted molar refractivity (Wildman–Crippen MR) is 187 cm³/mol. The number of phenols is 2. The van der Waals surface area contributed by atoms with Crippen molar-refractivity contribution in [3.63, 3.8) is 0 Å². The van der Waals surface area contributed by atoms with E-state index in [4.69, 9.17) is 24.1 Å². The quantitative estimate of drug-likeness (QED) is 0.0351. The lowest BCUT2D eigenvalue weighted by Crippen LogP contribution is -2.81. The minimum Gasteiger partial charge on any atom is -0.504 e. The summed E-state index contributed by atoms with van der Waals surface area (Å²) >= 11 is 1.98. The molecule has 1 unspecified atom stereocenters. The molecule has 2 aliphatic rings. The number of thioether (sulfide) groups is 2. The van der Waals surface area contributed by atoms with E-state index in [2.05, 4.69) is 26.2 Å². The Kier molecular flexibility index (Phi) is 10.9. The highest BCUT2D eigenvalue weighted by Gasteiger charge is 2.67. The van der Waals surface area contributed by atoms with Crippen molar-refractivity contribution in [2.45, 2.75) is 28.8 Å². The van der Waals surface area contributed by atoms with Crippen LogP contribution in [0, 0.1) is 0 Å². The van der Waals surface area contributed by atoms with Crippen molar-refractivity contribution in [1.82, 2.24) is 35.7 Å². The van der Waals surface area contributed by atoms with Gasteiger partial charge in [0.05, 0.1) is 5.39 Å². The number of ether oxygens (including phenoxy) is 2. The molecule has 22 nitrogen and oxygen atoms in total. The van der Waals surface area contributed by atoms with Crippen LogP contribution in [0.2, 0.25) is 0 Å². The first-order valence-electron chi connectivity index (χ1n) is 15.8. The molecule has 0 spiro atoms. The Morgan fingerprint density at radius 2 is 1.79 bits per heavy atom. The van der Waals surface area contributed by atoms with Crippen LogP contribution >= 0.6 is 23.5 Å². The molecule has 0 bridgehead atoms. The van der Waals surface area contributed by atoms with E-state index < -0.39 is 94.1 Å².